The Morgan fingerprint density at radius 3 is 2.62 bits per heavy atom. The Bertz CT molecular complexity index is 547. The molecule has 0 bridgehead atoms. The molecule has 1 rings (SSSR count). The second kappa shape index (κ2) is 9.15. The van der Waals surface area contributed by atoms with Crippen molar-refractivity contribution in [3.63, 3.8) is 0 Å². The summed E-state index contributed by atoms with van der Waals surface area (Å²) in [5.41, 5.74) is 0.902. The number of nitriles is 1. The predicted molar refractivity (Wildman–Crippen MR) is 76.9 cm³/mol. The fourth-order valence-electron chi connectivity index (χ4n) is 1.54. The van der Waals surface area contributed by atoms with Gasteiger partial charge in [-0.2, -0.15) is 5.26 Å². The number of carboxylic acid groups (broad SMARTS) is 1. The van der Waals surface area contributed by atoms with E-state index in [9.17, 15) is 9.59 Å². The summed E-state index contributed by atoms with van der Waals surface area (Å²) < 4.78 is 0. The molecule has 0 fully saturated rings. The first-order valence-corrected chi connectivity index (χ1v) is 6.51. The van der Waals surface area contributed by atoms with E-state index in [0.717, 1.165) is 5.56 Å². The summed E-state index contributed by atoms with van der Waals surface area (Å²) in [5, 5.41) is 22.8. The number of benzene rings is 1. The lowest BCUT2D eigenvalue weighted by Crippen LogP contribution is -2.25. The topological polar surface area (TPSA) is 102 Å². The van der Waals surface area contributed by atoms with Gasteiger partial charge in [0.2, 0.25) is 0 Å². The molecule has 6 heteroatoms. The first-order valence-electron chi connectivity index (χ1n) is 6.51. The van der Waals surface area contributed by atoms with Gasteiger partial charge in [-0.25, -0.2) is 0 Å². The maximum Gasteiger partial charge on any atom is 0.303 e. The van der Waals surface area contributed by atoms with Crippen LogP contribution in [0.1, 0.15) is 18.4 Å². The first kappa shape index (κ1) is 16.2. The predicted octanol–water partition coefficient (Wildman–Crippen LogP) is 1.16. The summed E-state index contributed by atoms with van der Waals surface area (Å²) >= 11 is 0. The molecule has 1 aromatic rings. The zero-order chi connectivity index (χ0) is 15.5. The van der Waals surface area contributed by atoms with E-state index in [-0.39, 0.29) is 12.0 Å². The van der Waals surface area contributed by atoms with Crippen LogP contribution in [0.5, 0.6) is 0 Å². The third kappa shape index (κ3) is 6.78. The van der Waals surface area contributed by atoms with Gasteiger partial charge in [0.25, 0.3) is 5.91 Å². The lowest BCUT2D eigenvalue weighted by atomic mass is 10.2. The molecule has 21 heavy (non-hydrogen) atoms. The van der Waals surface area contributed by atoms with Gasteiger partial charge < -0.3 is 15.7 Å². The van der Waals surface area contributed by atoms with Gasteiger partial charge in [0.1, 0.15) is 11.6 Å². The minimum Gasteiger partial charge on any atom is -0.481 e. The van der Waals surface area contributed by atoms with E-state index in [1.807, 2.05) is 36.4 Å². The van der Waals surface area contributed by atoms with Crippen LogP contribution in [0.25, 0.3) is 0 Å². The zero-order valence-electron chi connectivity index (χ0n) is 11.5. The molecule has 3 N–H and O–H groups in total. The van der Waals surface area contributed by atoms with Gasteiger partial charge in [0, 0.05) is 25.7 Å². The summed E-state index contributed by atoms with van der Waals surface area (Å²) in [7, 11) is 0. The van der Waals surface area contributed by atoms with E-state index in [0.29, 0.717) is 19.5 Å². The highest BCUT2D eigenvalue weighted by atomic mass is 16.4. The Hall–Kier alpha value is -2.81. The molecule has 0 saturated heterocycles. The lowest BCUT2D eigenvalue weighted by Gasteiger charge is -2.05. The molecular formula is C15H17N3O3. The van der Waals surface area contributed by atoms with Crippen LogP contribution in [-0.2, 0) is 16.1 Å². The highest BCUT2D eigenvalue weighted by Gasteiger charge is 2.07. The number of aliphatic carboxylic acids is 1. The van der Waals surface area contributed by atoms with E-state index >= 15 is 0 Å². The van der Waals surface area contributed by atoms with Crippen LogP contribution in [-0.4, -0.2) is 23.5 Å². The Labute approximate surface area is 123 Å². The molecule has 0 heterocycles. The number of nitrogens with one attached hydrogen (secondary N) is 2. The third-order valence-corrected chi connectivity index (χ3v) is 2.62. The van der Waals surface area contributed by atoms with E-state index < -0.39 is 11.9 Å². The number of nitrogens with zero attached hydrogens (tertiary/aromatic N) is 1. The number of amides is 1. The molecule has 0 saturated carbocycles. The van der Waals surface area contributed by atoms with Crippen molar-refractivity contribution in [2.45, 2.75) is 19.4 Å². The van der Waals surface area contributed by atoms with Crippen molar-refractivity contribution in [1.29, 1.82) is 5.26 Å². The van der Waals surface area contributed by atoms with Gasteiger partial charge in [-0.05, 0) is 12.0 Å². The highest BCUT2D eigenvalue weighted by Crippen LogP contribution is 1.99. The van der Waals surface area contributed by atoms with Gasteiger partial charge in [-0.15, -0.1) is 0 Å². The SMILES string of the molecule is N#C/C(=C/NCCCC(=O)O)C(=O)NCc1ccccc1. The second-order valence-electron chi connectivity index (χ2n) is 4.29. The molecule has 110 valence electrons. The number of carboxylic acids is 1. The molecule has 0 radical (unpaired) electrons. The van der Waals surface area contributed by atoms with Crippen LogP contribution in [0.4, 0.5) is 0 Å². The van der Waals surface area contributed by atoms with Gasteiger partial charge in [-0.3, -0.25) is 9.59 Å². The van der Waals surface area contributed by atoms with Crippen molar-refractivity contribution in [2.75, 3.05) is 6.54 Å². The average Bonchev–Trinajstić information content (AvgIpc) is 2.49. The van der Waals surface area contributed by atoms with Crippen LogP contribution in [0, 0.1) is 11.3 Å². The van der Waals surface area contributed by atoms with E-state index in [4.69, 9.17) is 10.4 Å². The van der Waals surface area contributed by atoms with Gasteiger partial charge in [0.05, 0.1) is 0 Å². The third-order valence-electron chi connectivity index (χ3n) is 2.62. The average molecular weight is 287 g/mol. The van der Waals surface area contributed by atoms with Gasteiger partial charge in [0.15, 0.2) is 0 Å². The molecule has 6 nitrogen and oxygen atoms in total. The Kier molecular flexibility index (Phi) is 7.08. The number of hydrogen-bond acceptors (Lipinski definition) is 4. The number of carbonyl (C=O) groups is 2. The molecule has 0 aromatic heterocycles. The van der Waals surface area contributed by atoms with Crippen molar-refractivity contribution >= 4 is 11.9 Å². The number of carbonyl (C=O) groups excluding carboxylic acids is 1. The normalized spacial score (nSPS) is 10.5. The Morgan fingerprint density at radius 2 is 2.00 bits per heavy atom. The van der Waals surface area contributed by atoms with E-state index in [1.165, 1.54) is 6.20 Å². The van der Waals surface area contributed by atoms with Crippen LogP contribution < -0.4 is 10.6 Å². The van der Waals surface area contributed by atoms with E-state index in [1.54, 1.807) is 0 Å². The fraction of sp³-hybridized carbons (Fsp3) is 0.267. The highest BCUT2D eigenvalue weighted by molar-refractivity contribution is 5.97. The molecular weight excluding hydrogens is 270 g/mol. The molecule has 0 aliphatic heterocycles. The maximum atomic E-state index is 11.8. The summed E-state index contributed by atoms with van der Waals surface area (Å²) in [6.07, 6.45) is 1.78. The largest absolute Gasteiger partial charge is 0.481 e. The van der Waals surface area contributed by atoms with Crippen molar-refractivity contribution in [3.05, 3.63) is 47.7 Å². The van der Waals surface area contributed by atoms with Crippen LogP contribution in [0.15, 0.2) is 42.1 Å². The summed E-state index contributed by atoms with van der Waals surface area (Å²) in [6, 6.07) is 11.2. The quantitative estimate of drug-likeness (QED) is 0.378. The lowest BCUT2D eigenvalue weighted by molar-refractivity contribution is -0.137. The smallest absolute Gasteiger partial charge is 0.303 e. The van der Waals surface area contributed by atoms with Gasteiger partial charge >= 0.3 is 5.97 Å². The molecule has 0 atom stereocenters. The van der Waals surface area contributed by atoms with Crippen LogP contribution >= 0.6 is 0 Å². The second-order valence-corrected chi connectivity index (χ2v) is 4.29. The van der Waals surface area contributed by atoms with Crippen LogP contribution in [0.2, 0.25) is 0 Å². The summed E-state index contributed by atoms with van der Waals surface area (Å²) in [4.78, 5) is 22.1. The van der Waals surface area contributed by atoms with Crippen molar-refractivity contribution in [3.8, 4) is 6.07 Å². The minimum atomic E-state index is -0.873. The molecule has 0 spiro atoms. The summed E-state index contributed by atoms with van der Waals surface area (Å²) in [6.45, 7) is 0.737. The molecule has 1 amide bonds. The summed E-state index contributed by atoms with van der Waals surface area (Å²) in [5.74, 6) is -1.34. The molecule has 0 unspecified atom stereocenters. The maximum absolute atomic E-state index is 11.8. The molecule has 1 aromatic carbocycles. The minimum absolute atomic E-state index is 0.0405. The Balaban J connectivity index is 2.38. The molecule has 0 aliphatic carbocycles. The standard InChI is InChI=1S/C15H17N3O3/c16-9-13(11-17-8-4-7-14(19)20)15(21)18-10-12-5-2-1-3-6-12/h1-3,5-6,11,17H,4,7-8,10H2,(H,18,21)(H,19,20)/b13-11-. The Morgan fingerprint density at radius 1 is 1.29 bits per heavy atom. The van der Waals surface area contributed by atoms with Crippen molar-refractivity contribution in [2.24, 2.45) is 0 Å². The zero-order valence-corrected chi connectivity index (χ0v) is 11.5. The van der Waals surface area contributed by atoms with Crippen LogP contribution in [0.3, 0.4) is 0 Å². The number of rotatable bonds is 8. The van der Waals surface area contributed by atoms with Gasteiger partial charge in [-0.1, -0.05) is 30.3 Å². The van der Waals surface area contributed by atoms with E-state index in [2.05, 4.69) is 10.6 Å². The van der Waals surface area contributed by atoms with Crippen molar-refractivity contribution in [1.82, 2.24) is 10.6 Å². The monoisotopic (exact) mass is 287 g/mol. The van der Waals surface area contributed by atoms with Crippen molar-refractivity contribution < 1.29 is 14.7 Å². The fourth-order valence-corrected chi connectivity index (χ4v) is 1.54. The molecule has 0 aliphatic rings. The first-order chi connectivity index (χ1) is 10.1. The number of hydrogen-bond donors (Lipinski definition) is 3.